The van der Waals surface area contributed by atoms with Crippen molar-refractivity contribution in [3.05, 3.63) is 41.9 Å². The monoisotopic (exact) mass is 276 g/mol. The van der Waals surface area contributed by atoms with Gasteiger partial charge in [0.2, 0.25) is 11.6 Å². The molecule has 0 bridgehead atoms. The van der Waals surface area contributed by atoms with Crippen LogP contribution in [0.4, 0.5) is 0 Å². The number of hydrogen-bond donors (Lipinski definition) is 2. The van der Waals surface area contributed by atoms with E-state index in [4.69, 9.17) is 9.47 Å². The van der Waals surface area contributed by atoms with Crippen LogP contribution in [0.25, 0.3) is 0 Å². The Morgan fingerprint density at radius 1 is 1.35 bits per heavy atom. The van der Waals surface area contributed by atoms with Crippen LogP contribution in [0.2, 0.25) is 0 Å². The fourth-order valence-electron chi connectivity index (χ4n) is 1.65. The van der Waals surface area contributed by atoms with Crippen molar-refractivity contribution >= 4 is 5.97 Å². The Hall–Kier alpha value is -2.50. The molecule has 6 heteroatoms. The summed E-state index contributed by atoms with van der Waals surface area (Å²) in [5.41, 5.74) is -0.0958. The van der Waals surface area contributed by atoms with Crippen LogP contribution in [0.5, 0.6) is 11.6 Å². The number of benzene rings is 1. The zero-order valence-corrected chi connectivity index (χ0v) is 11.1. The predicted octanol–water partition coefficient (Wildman–Crippen LogP) is 1.91. The van der Waals surface area contributed by atoms with Gasteiger partial charge in [0.05, 0.1) is 13.2 Å². The summed E-state index contributed by atoms with van der Waals surface area (Å²) in [6.07, 6.45) is 0.446. The molecule has 0 saturated heterocycles. The van der Waals surface area contributed by atoms with Gasteiger partial charge in [-0.1, -0.05) is 18.2 Å². The van der Waals surface area contributed by atoms with Crippen LogP contribution in [0.1, 0.15) is 23.2 Å². The zero-order chi connectivity index (χ0) is 14.4. The second-order valence-corrected chi connectivity index (χ2v) is 4.01. The van der Waals surface area contributed by atoms with E-state index in [1.165, 1.54) is 0 Å². The molecular weight excluding hydrogens is 260 g/mol. The molecule has 2 N–H and O–H groups in total. The van der Waals surface area contributed by atoms with Gasteiger partial charge in [0, 0.05) is 6.42 Å². The standard InChI is InChI=1S/C14H16N2O4/c1-2-19-14(18)12-13(17)16-11(15-12)8-9-20-10-6-4-3-5-7-10/h3-7,17H,2,8-9H2,1H3,(H,15,16). The Kier molecular flexibility index (Phi) is 4.60. The Balaban J connectivity index is 1.91. The van der Waals surface area contributed by atoms with E-state index in [1.54, 1.807) is 6.92 Å². The predicted molar refractivity (Wildman–Crippen MR) is 71.9 cm³/mol. The molecular formula is C14H16N2O4. The third-order valence-corrected chi connectivity index (χ3v) is 2.55. The molecule has 20 heavy (non-hydrogen) atoms. The molecule has 0 radical (unpaired) electrons. The molecule has 0 fully saturated rings. The van der Waals surface area contributed by atoms with Gasteiger partial charge < -0.3 is 19.6 Å². The number of hydrogen-bond acceptors (Lipinski definition) is 5. The van der Waals surface area contributed by atoms with Gasteiger partial charge in [-0.2, -0.15) is 0 Å². The van der Waals surface area contributed by atoms with Crippen molar-refractivity contribution in [1.29, 1.82) is 0 Å². The molecule has 0 saturated carbocycles. The first-order chi connectivity index (χ1) is 9.70. The van der Waals surface area contributed by atoms with Gasteiger partial charge >= 0.3 is 5.97 Å². The SMILES string of the molecule is CCOC(=O)c1nc(CCOc2ccccc2)[nH]c1O. The number of para-hydroxylation sites is 1. The number of aromatic nitrogens is 2. The fourth-order valence-corrected chi connectivity index (χ4v) is 1.65. The van der Waals surface area contributed by atoms with Gasteiger partial charge in [0.25, 0.3) is 0 Å². The molecule has 0 aliphatic rings. The number of rotatable bonds is 6. The number of carbonyl (C=O) groups excluding carboxylic acids is 1. The average Bonchev–Trinajstić information content (AvgIpc) is 2.81. The van der Waals surface area contributed by atoms with Crippen LogP contribution >= 0.6 is 0 Å². The number of ether oxygens (including phenoxy) is 2. The number of carbonyl (C=O) groups is 1. The van der Waals surface area contributed by atoms with Crippen LogP contribution in [0.3, 0.4) is 0 Å². The normalized spacial score (nSPS) is 10.2. The van der Waals surface area contributed by atoms with Crippen molar-refractivity contribution < 1.29 is 19.4 Å². The van der Waals surface area contributed by atoms with Gasteiger partial charge in [-0.15, -0.1) is 0 Å². The Labute approximate surface area is 116 Å². The highest BCUT2D eigenvalue weighted by Gasteiger charge is 2.18. The third kappa shape index (κ3) is 3.50. The highest BCUT2D eigenvalue weighted by atomic mass is 16.5. The van der Waals surface area contributed by atoms with Gasteiger partial charge in [-0.25, -0.2) is 9.78 Å². The molecule has 6 nitrogen and oxygen atoms in total. The number of imidazole rings is 1. The minimum absolute atomic E-state index is 0.0958. The average molecular weight is 276 g/mol. The summed E-state index contributed by atoms with van der Waals surface area (Å²) in [7, 11) is 0. The van der Waals surface area contributed by atoms with Gasteiger partial charge in [0.1, 0.15) is 11.6 Å². The Bertz CT molecular complexity index is 566. The Morgan fingerprint density at radius 2 is 2.10 bits per heavy atom. The van der Waals surface area contributed by atoms with Crippen LogP contribution in [-0.2, 0) is 11.2 Å². The topological polar surface area (TPSA) is 84.4 Å². The molecule has 0 amide bonds. The highest BCUT2D eigenvalue weighted by molar-refractivity contribution is 5.89. The number of aromatic amines is 1. The number of nitrogens with zero attached hydrogens (tertiary/aromatic N) is 1. The molecule has 106 valence electrons. The van der Waals surface area contributed by atoms with Crippen LogP contribution in [0, 0.1) is 0 Å². The minimum Gasteiger partial charge on any atom is -0.493 e. The van der Waals surface area contributed by atoms with E-state index >= 15 is 0 Å². The molecule has 0 spiro atoms. The fraction of sp³-hybridized carbons (Fsp3) is 0.286. The second kappa shape index (κ2) is 6.60. The molecule has 0 unspecified atom stereocenters. The van der Waals surface area contributed by atoms with Crippen molar-refractivity contribution in [3.63, 3.8) is 0 Å². The van der Waals surface area contributed by atoms with E-state index in [0.29, 0.717) is 18.9 Å². The van der Waals surface area contributed by atoms with Gasteiger partial charge in [-0.05, 0) is 19.1 Å². The quantitative estimate of drug-likeness (QED) is 0.787. The van der Waals surface area contributed by atoms with E-state index in [-0.39, 0.29) is 18.2 Å². The summed E-state index contributed by atoms with van der Waals surface area (Å²) in [5, 5.41) is 9.59. The molecule has 1 aromatic heterocycles. The maximum Gasteiger partial charge on any atom is 0.362 e. The molecule has 0 atom stereocenters. The van der Waals surface area contributed by atoms with Crippen molar-refractivity contribution in [2.75, 3.05) is 13.2 Å². The first-order valence-electron chi connectivity index (χ1n) is 6.33. The Morgan fingerprint density at radius 3 is 2.80 bits per heavy atom. The smallest absolute Gasteiger partial charge is 0.362 e. The second-order valence-electron chi connectivity index (χ2n) is 4.01. The summed E-state index contributed by atoms with van der Waals surface area (Å²) in [6.45, 7) is 2.31. The number of H-pyrrole nitrogens is 1. The van der Waals surface area contributed by atoms with Crippen molar-refractivity contribution in [1.82, 2.24) is 9.97 Å². The molecule has 1 aromatic carbocycles. The summed E-state index contributed by atoms with van der Waals surface area (Å²) < 4.78 is 10.3. The molecule has 2 rings (SSSR count). The highest BCUT2D eigenvalue weighted by Crippen LogP contribution is 2.15. The number of nitrogens with one attached hydrogen (secondary N) is 1. The van der Waals surface area contributed by atoms with Crippen molar-refractivity contribution in [2.24, 2.45) is 0 Å². The maximum absolute atomic E-state index is 11.5. The lowest BCUT2D eigenvalue weighted by Crippen LogP contribution is -2.06. The number of esters is 1. The van der Waals surface area contributed by atoms with Crippen LogP contribution in [0.15, 0.2) is 30.3 Å². The third-order valence-electron chi connectivity index (χ3n) is 2.55. The first-order valence-corrected chi connectivity index (χ1v) is 6.33. The molecule has 0 aliphatic heterocycles. The first kappa shape index (κ1) is 13.9. The van der Waals surface area contributed by atoms with E-state index in [2.05, 4.69) is 9.97 Å². The summed E-state index contributed by atoms with van der Waals surface area (Å²) in [5.74, 6) is 0.310. The lowest BCUT2D eigenvalue weighted by atomic mass is 10.3. The van der Waals surface area contributed by atoms with Crippen molar-refractivity contribution in [2.45, 2.75) is 13.3 Å². The van der Waals surface area contributed by atoms with E-state index in [9.17, 15) is 9.90 Å². The summed E-state index contributed by atoms with van der Waals surface area (Å²) in [6, 6.07) is 9.37. The zero-order valence-electron chi connectivity index (χ0n) is 11.1. The van der Waals surface area contributed by atoms with E-state index in [0.717, 1.165) is 5.75 Å². The maximum atomic E-state index is 11.5. The molecule has 2 aromatic rings. The largest absolute Gasteiger partial charge is 0.493 e. The van der Waals surface area contributed by atoms with Gasteiger partial charge in [0.15, 0.2) is 0 Å². The van der Waals surface area contributed by atoms with Gasteiger partial charge in [-0.3, -0.25) is 0 Å². The van der Waals surface area contributed by atoms with Crippen molar-refractivity contribution in [3.8, 4) is 11.6 Å². The lowest BCUT2D eigenvalue weighted by Gasteiger charge is -2.03. The molecule has 1 heterocycles. The van der Waals surface area contributed by atoms with E-state index < -0.39 is 5.97 Å². The minimum atomic E-state index is -0.642. The van der Waals surface area contributed by atoms with Crippen LogP contribution < -0.4 is 4.74 Å². The summed E-state index contributed by atoms with van der Waals surface area (Å²) >= 11 is 0. The molecule has 0 aliphatic carbocycles. The van der Waals surface area contributed by atoms with E-state index in [1.807, 2.05) is 30.3 Å². The lowest BCUT2D eigenvalue weighted by molar-refractivity contribution is 0.0516. The van der Waals surface area contributed by atoms with Crippen LogP contribution in [-0.4, -0.2) is 34.3 Å². The number of aromatic hydroxyl groups is 1. The summed E-state index contributed by atoms with van der Waals surface area (Å²) in [4.78, 5) is 18.1.